The molecule has 0 unspecified atom stereocenters. The summed E-state index contributed by atoms with van der Waals surface area (Å²) in [6, 6.07) is 19.5. The van der Waals surface area contributed by atoms with Gasteiger partial charge in [0.2, 0.25) is 0 Å². The standard InChI is InChI=1S/C23H25N3O2/c1-3-18-6-4-5-7-21(18)26-23(27)22-13-10-19(16-25-22)24-15-14-17-8-11-20(28-2)12-9-17/h4-13,16,24H,3,14-15H2,1-2H3,(H,26,27). The molecule has 0 spiro atoms. The average Bonchev–Trinajstić information content (AvgIpc) is 2.75. The van der Waals surface area contributed by atoms with E-state index in [4.69, 9.17) is 4.74 Å². The third kappa shape index (κ3) is 5.10. The number of aryl methyl sites for hydroxylation is 1. The predicted octanol–water partition coefficient (Wildman–Crippen LogP) is 4.56. The molecule has 5 heteroatoms. The molecule has 0 aliphatic carbocycles. The highest BCUT2D eigenvalue weighted by molar-refractivity contribution is 6.03. The first kappa shape index (κ1) is 19.4. The molecule has 3 aromatic rings. The SMILES string of the molecule is CCc1ccccc1NC(=O)c1ccc(NCCc2ccc(OC)cc2)cn1. The summed E-state index contributed by atoms with van der Waals surface area (Å²) in [6.07, 6.45) is 3.44. The van der Waals surface area contributed by atoms with Gasteiger partial charge in [0.25, 0.3) is 5.91 Å². The molecule has 1 aromatic heterocycles. The Morgan fingerprint density at radius 3 is 2.50 bits per heavy atom. The molecular weight excluding hydrogens is 350 g/mol. The number of anilines is 2. The molecule has 28 heavy (non-hydrogen) atoms. The second-order valence-electron chi connectivity index (χ2n) is 6.42. The lowest BCUT2D eigenvalue weighted by atomic mass is 10.1. The van der Waals surface area contributed by atoms with Gasteiger partial charge < -0.3 is 15.4 Å². The Balaban J connectivity index is 1.53. The molecule has 1 amide bonds. The van der Waals surface area contributed by atoms with Crippen LogP contribution in [-0.2, 0) is 12.8 Å². The zero-order valence-electron chi connectivity index (χ0n) is 16.2. The second-order valence-corrected chi connectivity index (χ2v) is 6.42. The summed E-state index contributed by atoms with van der Waals surface area (Å²) in [5.74, 6) is 0.655. The number of amides is 1. The first-order valence-electron chi connectivity index (χ1n) is 9.41. The maximum absolute atomic E-state index is 12.4. The molecule has 1 heterocycles. The van der Waals surface area contributed by atoms with E-state index in [1.54, 1.807) is 19.4 Å². The Morgan fingerprint density at radius 1 is 1.04 bits per heavy atom. The van der Waals surface area contributed by atoms with E-state index in [9.17, 15) is 4.79 Å². The minimum Gasteiger partial charge on any atom is -0.497 e. The van der Waals surface area contributed by atoms with Crippen LogP contribution in [0.1, 0.15) is 28.5 Å². The zero-order chi connectivity index (χ0) is 19.8. The number of nitrogens with one attached hydrogen (secondary N) is 2. The zero-order valence-corrected chi connectivity index (χ0v) is 16.2. The van der Waals surface area contributed by atoms with Gasteiger partial charge >= 0.3 is 0 Å². The van der Waals surface area contributed by atoms with Crippen LogP contribution < -0.4 is 15.4 Å². The van der Waals surface area contributed by atoms with Crippen molar-refractivity contribution in [3.63, 3.8) is 0 Å². The van der Waals surface area contributed by atoms with Crippen LogP contribution in [0.25, 0.3) is 0 Å². The van der Waals surface area contributed by atoms with Gasteiger partial charge in [0.15, 0.2) is 0 Å². The van der Waals surface area contributed by atoms with Crippen LogP contribution >= 0.6 is 0 Å². The third-order valence-electron chi connectivity index (χ3n) is 4.54. The number of hydrogen-bond donors (Lipinski definition) is 2. The summed E-state index contributed by atoms with van der Waals surface area (Å²) in [6.45, 7) is 2.85. The van der Waals surface area contributed by atoms with Gasteiger partial charge in [0, 0.05) is 12.2 Å². The Morgan fingerprint density at radius 2 is 1.82 bits per heavy atom. The largest absolute Gasteiger partial charge is 0.497 e. The van der Waals surface area contributed by atoms with Crippen molar-refractivity contribution in [1.29, 1.82) is 0 Å². The summed E-state index contributed by atoms with van der Waals surface area (Å²) in [7, 11) is 1.66. The van der Waals surface area contributed by atoms with Crippen LogP contribution in [-0.4, -0.2) is 24.5 Å². The van der Waals surface area contributed by atoms with Gasteiger partial charge in [-0.1, -0.05) is 37.3 Å². The third-order valence-corrected chi connectivity index (χ3v) is 4.54. The van der Waals surface area contributed by atoms with Crippen LogP contribution in [0.4, 0.5) is 11.4 Å². The average molecular weight is 375 g/mol. The van der Waals surface area contributed by atoms with Gasteiger partial charge in [-0.05, 0) is 54.3 Å². The summed E-state index contributed by atoms with van der Waals surface area (Å²) in [5, 5.41) is 6.27. The second kappa shape index (κ2) is 9.55. The fraction of sp³-hybridized carbons (Fsp3) is 0.217. The van der Waals surface area contributed by atoms with E-state index in [1.165, 1.54) is 5.56 Å². The molecule has 144 valence electrons. The van der Waals surface area contributed by atoms with Crippen LogP contribution in [0.5, 0.6) is 5.75 Å². The van der Waals surface area contributed by atoms with Gasteiger partial charge in [-0.3, -0.25) is 4.79 Å². The molecule has 0 aliphatic heterocycles. The van der Waals surface area contributed by atoms with Crippen molar-refractivity contribution in [2.45, 2.75) is 19.8 Å². The van der Waals surface area contributed by atoms with Gasteiger partial charge in [-0.25, -0.2) is 4.98 Å². The monoisotopic (exact) mass is 375 g/mol. The van der Waals surface area contributed by atoms with Gasteiger partial charge in [0.05, 0.1) is 19.0 Å². The minimum absolute atomic E-state index is 0.203. The highest BCUT2D eigenvalue weighted by atomic mass is 16.5. The molecule has 0 radical (unpaired) electrons. The van der Waals surface area contributed by atoms with Gasteiger partial charge in [0.1, 0.15) is 11.4 Å². The fourth-order valence-corrected chi connectivity index (χ4v) is 2.91. The van der Waals surface area contributed by atoms with Crippen molar-refractivity contribution in [3.8, 4) is 5.75 Å². The van der Waals surface area contributed by atoms with Crippen molar-refractivity contribution < 1.29 is 9.53 Å². The number of carbonyl (C=O) groups excluding carboxylic acids is 1. The number of rotatable bonds is 8. The minimum atomic E-state index is -0.203. The number of para-hydroxylation sites is 1. The van der Waals surface area contributed by atoms with E-state index in [-0.39, 0.29) is 5.91 Å². The number of ether oxygens (including phenoxy) is 1. The highest BCUT2D eigenvalue weighted by Crippen LogP contribution is 2.17. The van der Waals surface area contributed by atoms with E-state index in [0.717, 1.165) is 42.1 Å². The molecule has 0 aliphatic rings. The van der Waals surface area contributed by atoms with Crippen LogP contribution in [0, 0.1) is 0 Å². The molecule has 0 atom stereocenters. The van der Waals surface area contributed by atoms with Crippen LogP contribution in [0.2, 0.25) is 0 Å². The molecule has 3 rings (SSSR count). The smallest absolute Gasteiger partial charge is 0.274 e. The summed E-state index contributed by atoms with van der Waals surface area (Å²) in [4.78, 5) is 16.7. The quantitative estimate of drug-likeness (QED) is 0.606. The van der Waals surface area contributed by atoms with Crippen molar-refractivity contribution in [2.75, 3.05) is 24.3 Å². The van der Waals surface area contributed by atoms with Gasteiger partial charge in [-0.2, -0.15) is 0 Å². The summed E-state index contributed by atoms with van der Waals surface area (Å²) in [5.41, 5.74) is 4.45. The lowest BCUT2D eigenvalue weighted by Gasteiger charge is -2.10. The highest BCUT2D eigenvalue weighted by Gasteiger charge is 2.09. The molecule has 0 saturated heterocycles. The number of nitrogens with zero attached hydrogens (tertiary/aromatic N) is 1. The predicted molar refractivity (Wildman–Crippen MR) is 113 cm³/mol. The molecule has 2 N–H and O–H groups in total. The summed E-state index contributed by atoms with van der Waals surface area (Å²) >= 11 is 0. The Hall–Kier alpha value is -3.34. The van der Waals surface area contributed by atoms with Crippen LogP contribution in [0.3, 0.4) is 0 Å². The fourth-order valence-electron chi connectivity index (χ4n) is 2.91. The molecule has 0 bridgehead atoms. The number of aromatic nitrogens is 1. The van der Waals surface area contributed by atoms with E-state index in [1.807, 2.05) is 42.5 Å². The number of hydrogen-bond acceptors (Lipinski definition) is 4. The van der Waals surface area contributed by atoms with Crippen molar-refractivity contribution >= 4 is 17.3 Å². The number of benzene rings is 2. The van der Waals surface area contributed by atoms with E-state index in [2.05, 4.69) is 34.7 Å². The molecule has 0 saturated carbocycles. The number of pyridine rings is 1. The van der Waals surface area contributed by atoms with E-state index in [0.29, 0.717) is 5.69 Å². The summed E-state index contributed by atoms with van der Waals surface area (Å²) < 4.78 is 5.17. The van der Waals surface area contributed by atoms with Crippen molar-refractivity contribution in [1.82, 2.24) is 4.98 Å². The lowest BCUT2D eigenvalue weighted by molar-refractivity contribution is 0.102. The first-order chi connectivity index (χ1) is 13.7. The normalized spacial score (nSPS) is 10.4. The lowest BCUT2D eigenvalue weighted by Crippen LogP contribution is -2.15. The van der Waals surface area contributed by atoms with E-state index < -0.39 is 0 Å². The molecule has 2 aromatic carbocycles. The molecule has 5 nitrogen and oxygen atoms in total. The van der Waals surface area contributed by atoms with Crippen molar-refractivity contribution in [2.24, 2.45) is 0 Å². The Bertz CT molecular complexity index is 906. The number of carbonyl (C=O) groups is 1. The Labute approximate surface area is 165 Å². The van der Waals surface area contributed by atoms with Gasteiger partial charge in [-0.15, -0.1) is 0 Å². The molecular formula is C23H25N3O2. The number of methoxy groups -OCH3 is 1. The van der Waals surface area contributed by atoms with Crippen molar-refractivity contribution in [3.05, 3.63) is 83.7 Å². The first-order valence-corrected chi connectivity index (χ1v) is 9.41. The topological polar surface area (TPSA) is 63.2 Å². The molecule has 0 fully saturated rings. The van der Waals surface area contributed by atoms with Crippen LogP contribution in [0.15, 0.2) is 66.9 Å². The maximum atomic E-state index is 12.4. The maximum Gasteiger partial charge on any atom is 0.274 e. The van der Waals surface area contributed by atoms with E-state index >= 15 is 0 Å². The Kier molecular flexibility index (Phi) is 6.63.